The van der Waals surface area contributed by atoms with Gasteiger partial charge in [0, 0.05) is 32.8 Å². The van der Waals surface area contributed by atoms with Crippen molar-refractivity contribution in [2.45, 2.75) is 44.5 Å². The number of ether oxygens (including phenoxy) is 5. The van der Waals surface area contributed by atoms with Crippen LogP contribution < -0.4 is 18.9 Å². The summed E-state index contributed by atoms with van der Waals surface area (Å²) in [5.74, 6) is 0.966. The predicted molar refractivity (Wildman–Crippen MR) is 219 cm³/mol. The minimum atomic E-state index is -0.984. The second-order valence-corrected chi connectivity index (χ2v) is 13.1. The third kappa shape index (κ3) is 14.9. The summed E-state index contributed by atoms with van der Waals surface area (Å²) in [4.78, 5) is 22.5. The van der Waals surface area contributed by atoms with Crippen molar-refractivity contribution in [2.75, 3.05) is 20.3 Å². The van der Waals surface area contributed by atoms with Crippen molar-refractivity contribution in [1.29, 1.82) is 0 Å². The molecule has 0 fully saturated rings. The molecular formula is C48H48O9. The third-order valence-corrected chi connectivity index (χ3v) is 8.88. The van der Waals surface area contributed by atoms with Crippen LogP contribution in [0.4, 0.5) is 0 Å². The Morgan fingerprint density at radius 3 is 1.28 bits per heavy atom. The van der Waals surface area contributed by atoms with E-state index in [2.05, 4.69) is 12.1 Å². The zero-order chi connectivity index (χ0) is 40.1. The lowest BCUT2D eigenvalue weighted by atomic mass is 10.1. The molecule has 0 saturated heterocycles. The van der Waals surface area contributed by atoms with Gasteiger partial charge in [0.05, 0.1) is 13.2 Å². The van der Waals surface area contributed by atoms with Crippen LogP contribution in [0.25, 0.3) is 0 Å². The van der Waals surface area contributed by atoms with Gasteiger partial charge < -0.3 is 33.9 Å². The molecule has 0 aliphatic carbocycles. The van der Waals surface area contributed by atoms with Crippen LogP contribution in [0.15, 0.2) is 164 Å². The summed E-state index contributed by atoms with van der Waals surface area (Å²) in [7, 11) is 1.40. The smallest absolute Gasteiger partial charge is 0.345 e. The van der Waals surface area contributed by atoms with Crippen LogP contribution in [-0.2, 0) is 46.6 Å². The van der Waals surface area contributed by atoms with Gasteiger partial charge in [-0.25, -0.2) is 9.59 Å². The predicted octanol–water partition coefficient (Wildman–Crippen LogP) is 8.91. The molecule has 1 unspecified atom stereocenters. The Morgan fingerprint density at radius 2 is 0.825 bits per heavy atom. The number of carbonyl (C=O) groups is 2. The van der Waals surface area contributed by atoms with Crippen molar-refractivity contribution in [3.63, 3.8) is 0 Å². The first-order valence-corrected chi connectivity index (χ1v) is 18.8. The zero-order valence-corrected chi connectivity index (χ0v) is 31.9. The quantitative estimate of drug-likeness (QED) is 0.0785. The Morgan fingerprint density at radius 1 is 0.439 bits per heavy atom. The molecule has 9 nitrogen and oxygen atoms in total. The molecule has 6 aromatic carbocycles. The maximum atomic E-state index is 11.5. The topological polar surface area (TPSA) is 121 Å². The maximum absolute atomic E-state index is 11.5. The van der Waals surface area contributed by atoms with Gasteiger partial charge in [0.2, 0.25) is 0 Å². The molecule has 2 atom stereocenters. The fourth-order valence-corrected chi connectivity index (χ4v) is 5.70. The van der Waals surface area contributed by atoms with Gasteiger partial charge in [0.1, 0.15) is 29.6 Å². The zero-order valence-electron chi connectivity index (χ0n) is 31.9. The average Bonchev–Trinajstić information content (AvgIpc) is 3.24. The van der Waals surface area contributed by atoms with Crippen LogP contribution in [0.5, 0.6) is 23.0 Å². The fourth-order valence-electron chi connectivity index (χ4n) is 5.70. The van der Waals surface area contributed by atoms with E-state index in [1.165, 1.54) is 18.2 Å². The SMILES string of the molecule is COC(Cc1ccc(OCCc2ccc(OCc3ccccc3)cc2)cc1)C(=O)O.O=C(O)[C@H](Cc1ccc(OCCc2ccccc2)cc1)Oc1ccccc1. The Bertz CT molecular complexity index is 2040. The first-order valence-electron chi connectivity index (χ1n) is 18.8. The van der Waals surface area contributed by atoms with Gasteiger partial charge in [0.15, 0.2) is 12.2 Å². The normalized spacial score (nSPS) is 11.6. The van der Waals surface area contributed by atoms with Gasteiger partial charge in [-0.05, 0) is 76.3 Å². The highest BCUT2D eigenvalue weighted by Gasteiger charge is 2.20. The second kappa shape index (κ2) is 22.7. The van der Waals surface area contributed by atoms with E-state index in [0.29, 0.717) is 32.0 Å². The van der Waals surface area contributed by atoms with E-state index >= 15 is 0 Å². The first kappa shape index (κ1) is 41.6. The van der Waals surface area contributed by atoms with Crippen LogP contribution in [0.2, 0.25) is 0 Å². The van der Waals surface area contributed by atoms with E-state index in [4.69, 9.17) is 28.8 Å². The largest absolute Gasteiger partial charge is 0.493 e. The van der Waals surface area contributed by atoms with Gasteiger partial charge in [0.25, 0.3) is 0 Å². The molecule has 0 saturated carbocycles. The molecule has 2 N–H and O–H groups in total. The molecule has 0 heterocycles. The van der Waals surface area contributed by atoms with Gasteiger partial charge in [-0.3, -0.25) is 0 Å². The number of rotatable bonds is 20. The van der Waals surface area contributed by atoms with Crippen molar-refractivity contribution in [2.24, 2.45) is 0 Å². The van der Waals surface area contributed by atoms with E-state index in [1.807, 2.05) is 140 Å². The number of benzene rings is 6. The molecule has 0 amide bonds. The van der Waals surface area contributed by atoms with E-state index in [9.17, 15) is 14.7 Å². The number of para-hydroxylation sites is 1. The highest BCUT2D eigenvalue weighted by molar-refractivity contribution is 5.73. The molecule has 0 radical (unpaired) electrons. The summed E-state index contributed by atoms with van der Waals surface area (Å²) in [6.07, 6.45) is 0.466. The van der Waals surface area contributed by atoms with Crippen LogP contribution in [0, 0.1) is 0 Å². The minimum Gasteiger partial charge on any atom is -0.493 e. The summed E-state index contributed by atoms with van der Waals surface area (Å²) in [6.45, 7) is 1.70. The Kier molecular flexibility index (Phi) is 16.6. The molecule has 0 aliphatic heterocycles. The number of hydrogen-bond donors (Lipinski definition) is 2. The van der Waals surface area contributed by atoms with Crippen molar-refractivity contribution in [1.82, 2.24) is 0 Å². The van der Waals surface area contributed by atoms with Gasteiger partial charge >= 0.3 is 11.9 Å². The Balaban J connectivity index is 0.000000219. The van der Waals surface area contributed by atoms with E-state index in [1.54, 1.807) is 12.1 Å². The third-order valence-electron chi connectivity index (χ3n) is 8.88. The standard InChI is InChI=1S/C25H26O5.C23H22O4/c1-28-24(25(26)27)17-20-9-13-22(14-10-20)29-16-15-19-7-11-23(12-8-19)30-18-21-5-3-2-4-6-21;24-23(25)22(27-21-9-5-2-6-10-21)17-19-11-13-20(14-12-19)26-16-15-18-7-3-1-4-8-18/h2-14,24H,15-18H2,1H3,(H,26,27);1-14,22H,15-17H2,(H,24,25)/t;22-/m.0/s1. The average molecular weight is 769 g/mol. The number of carboxylic acids is 2. The van der Waals surface area contributed by atoms with Gasteiger partial charge in [-0.2, -0.15) is 0 Å². The molecule has 294 valence electrons. The summed E-state index contributed by atoms with van der Waals surface area (Å²) in [5, 5.41) is 18.5. The van der Waals surface area contributed by atoms with Crippen LogP contribution >= 0.6 is 0 Å². The second-order valence-electron chi connectivity index (χ2n) is 13.1. The summed E-state index contributed by atoms with van der Waals surface area (Å²) in [6, 6.07) is 52.2. The molecule has 57 heavy (non-hydrogen) atoms. The lowest BCUT2D eigenvalue weighted by molar-refractivity contribution is -0.148. The summed E-state index contributed by atoms with van der Waals surface area (Å²) < 4.78 is 27.9. The number of methoxy groups -OCH3 is 1. The molecular weight excluding hydrogens is 721 g/mol. The van der Waals surface area contributed by atoms with E-state index < -0.39 is 24.1 Å². The summed E-state index contributed by atoms with van der Waals surface area (Å²) in [5.41, 5.74) is 5.32. The Hall–Kier alpha value is -6.58. The first-order chi connectivity index (χ1) is 27.8. The summed E-state index contributed by atoms with van der Waals surface area (Å²) >= 11 is 0. The highest BCUT2D eigenvalue weighted by atomic mass is 16.5. The molecule has 0 bridgehead atoms. The minimum absolute atomic E-state index is 0.286. The van der Waals surface area contributed by atoms with Crippen molar-refractivity contribution in [3.8, 4) is 23.0 Å². The van der Waals surface area contributed by atoms with E-state index in [-0.39, 0.29) is 6.42 Å². The van der Waals surface area contributed by atoms with Crippen molar-refractivity contribution < 1.29 is 43.5 Å². The maximum Gasteiger partial charge on any atom is 0.345 e. The number of carboxylic acid groups (broad SMARTS) is 2. The monoisotopic (exact) mass is 768 g/mol. The number of aliphatic carboxylic acids is 2. The molecule has 0 spiro atoms. The molecule has 6 rings (SSSR count). The fraction of sp³-hybridized carbons (Fsp3) is 0.208. The highest BCUT2D eigenvalue weighted by Crippen LogP contribution is 2.19. The van der Waals surface area contributed by atoms with Crippen LogP contribution in [-0.4, -0.2) is 54.7 Å². The van der Waals surface area contributed by atoms with Crippen molar-refractivity contribution in [3.05, 3.63) is 192 Å². The Labute approximate surface area is 334 Å². The van der Waals surface area contributed by atoms with E-state index in [0.717, 1.165) is 46.8 Å². The molecule has 0 aromatic heterocycles. The van der Waals surface area contributed by atoms with Crippen LogP contribution in [0.1, 0.15) is 27.8 Å². The molecule has 0 aliphatic rings. The lowest BCUT2D eigenvalue weighted by Crippen LogP contribution is -2.29. The molecule has 9 heteroatoms. The number of hydrogen-bond acceptors (Lipinski definition) is 7. The lowest BCUT2D eigenvalue weighted by Gasteiger charge is -2.15. The van der Waals surface area contributed by atoms with Gasteiger partial charge in [-0.1, -0.05) is 115 Å². The van der Waals surface area contributed by atoms with Gasteiger partial charge in [-0.15, -0.1) is 0 Å². The van der Waals surface area contributed by atoms with Crippen molar-refractivity contribution >= 4 is 11.9 Å². The molecule has 6 aromatic rings. The van der Waals surface area contributed by atoms with Crippen LogP contribution in [0.3, 0.4) is 0 Å².